The second-order valence-electron chi connectivity index (χ2n) is 6.07. The van der Waals surface area contributed by atoms with Crippen LogP contribution in [0, 0.1) is 6.92 Å². The molecule has 1 heterocycles. The zero-order valence-electron chi connectivity index (χ0n) is 14.8. The molecule has 0 spiro atoms. The summed E-state index contributed by atoms with van der Waals surface area (Å²) in [6.45, 7) is 3.35. The van der Waals surface area contributed by atoms with Gasteiger partial charge in [0.15, 0.2) is 5.78 Å². The number of aromatic nitrogens is 1. The Labute approximate surface area is 152 Å². The first kappa shape index (κ1) is 17.6. The summed E-state index contributed by atoms with van der Waals surface area (Å²) in [5.41, 5.74) is 2.87. The Kier molecular flexibility index (Phi) is 5.27. The summed E-state index contributed by atoms with van der Waals surface area (Å²) in [4.78, 5) is 28.1. The molecule has 3 rings (SSSR count). The van der Waals surface area contributed by atoms with Crippen LogP contribution in [0.3, 0.4) is 0 Å². The van der Waals surface area contributed by atoms with E-state index in [1.165, 1.54) is 6.92 Å². The van der Waals surface area contributed by atoms with Crippen LogP contribution in [-0.4, -0.2) is 16.7 Å². The summed E-state index contributed by atoms with van der Waals surface area (Å²) in [6.07, 6.45) is 0.770. The zero-order chi connectivity index (χ0) is 18.5. The van der Waals surface area contributed by atoms with E-state index in [0.717, 1.165) is 17.0 Å². The van der Waals surface area contributed by atoms with Crippen molar-refractivity contribution in [2.45, 2.75) is 26.7 Å². The van der Waals surface area contributed by atoms with E-state index in [1.807, 2.05) is 37.3 Å². The zero-order valence-corrected chi connectivity index (χ0v) is 14.8. The van der Waals surface area contributed by atoms with Crippen LogP contribution in [0.4, 0.5) is 5.69 Å². The fourth-order valence-electron chi connectivity index (χ4n) is 2.64. The SMILES string of the molecule is CC(=O)c1cccc(NC(=O)CCc2nc(-c3ccccc3)oc2C)c1. The van der Waals surface area contributed by atoms with Gasteiger partial charge in [-0.05, 0) is 38.1 Å². The van der Waals surface area contributed by atoms with Crippen molar-refractivity contribution in [2.75, 3.05) is 5.32 Å². The van der Waals surface area contributed by atoms with E-state index in [1.54, 1.807) is 24.3 Å². The summed E-state index contributed by atoms with van der Waals surface area (Å²) in [5.74, 6) is 1.12. The van der Waals surface area contributed by atoms with Gasteiger partial charge in [-0.15, -0.1) is 0 Å². The predicted molar refractivity (Wildman–Crippen MR) is 100 cm³/mol. The van der Waals surface area contributed by atoms with Gasteiger partial charge in [-0.1, -0.05) is 30.3 Å². The van der Waals surface area contributed by atoms with Crippen LogP contribution >= 0.6 is 0 Å². The monoisotopic (exact) mass is 348 g/mol. The Morgan fingerprint density at radius 1 is 1.08 bits per heavy atom. The van der Waals surface area contributed by atoms with E-state index in [9.17, 15) is 9.59 Å². The Morgan fingerprint density at radius 3 is 2.58 bits per heavy atom. The van der Waals surface area contributed by atoms with Crippen LogP contribution in [0.25, 0.3) is 11.5 Å². The van der Waals surface area contributed by atoms with E-state index < -0.39 is 0 Å². The largest absolute Gasteiger partial charge is 0.441 e. The lowest BCUT2D eigenvalue weighted by Gasteiger charge is -2.06. The number of Topliss-reactive ketones (excluding diaryl/α,β-unsaturated/α-hetero) is 1. The van der Waals surface area contributed by atoms with Crippen molar-refractivity contribution in [3.05, 3.63) is 71.6 Å². The van der Waals surface area contributed by atoms with E-state index in [4.69, 9.17) is 4.42 Å². The summed E-state index contributed by atoms with van der Waals surface area (Å²) in [6, 6.07) is 16.6. The highest BCUT2D eigenvalue weighted by Gasteiger charge is 2.13. The first-order valence-electron chi connectivity index (χ1n) is 8.45. The number of amides is 1. The Balaban J connectivity index is 1.62. The minimum atomic E-state index is -0.130. The highest BCUT2D eigenvalue weighted by Crippen LogP contribution is 2.22. The number of anilines is 1. The number of hydrogen-bond acceptors (Lipinski definition) is 4. The molecule has 0 radical (unpaired) electrons. The summed E-state index contributed by atoms with van der Waals surface area (Å²) < 4.78 is 5.71. The third kappa shape index (κ3) is 4.25. The molecule has 0 fully saturated rings. The molecule has 0 aliphatic carbocycles. The molecule has 0 unspecified atom stereocenters. The number of aryl methyl sites for hydroxylation is 2. The highest BCUT2D eigenvalue weighted by atomic mass is 16.4. The molecule has 1 amide bonds. The maximum atomic E-state index is 12.2. The molecule has 0 saturated carbocycles. The number of nitrogens with zero attached hydrogens (tertiary/aromatic N) is 1. The van der Waals surface area contributed by atoms with E-state index >= 15 is 0 Å². The molecule has 0 aliphatic heterocycles. The van der Waals surface area contributed by atoms with Crippen molar-refractivity contribution in [3.63, 3.8) is 0 Å². The molecule has 5 nitrogen and oxygen atoms in total. The van der Waals surface area contributed by atoms with Crippen LogP contribution in [0.15, 0.2) is 59.0 Å². The molecule has 0 aliphatic rings. The van der Waals surface area contributed by atoms with Crippen molar-refractivity contribution >= 4 is 17.4 Å². The maximum Gasteiger partial charge on any atom is 0.226 e. The van der Waals surface area contributed by atoms with Crippen molar-refractivity contribution in [1.29, 1.82) is 0 Å². The molecular weight excluding hydrogens is 328 g/mol. The van der Waals surface area contributed by atoms with Crippen molar-refractivity contribution in [1.82, 2.24) is 4.98 Å². The van der Waals surface area contributed by atoms with Gasteiger partial charge in [0.05, 0.1) is 5.69 Å². The second kappa shape index (κ2) is 7.78. The number of carbonyl (C=O) groups excluding carboxylic acids is 2. The number of hydrogen-bond donors (Lipinski definition) is 1. The summed E-state index contributed by atoms with van der Waals surface area (Å²) in [5, 5.41) is 2.82. The molecule has 3 aromatic rings. The van der Waals surface area contributed by atoms with E-state index in [0.29, 0.717) is 23.6 Å². The lowest BCUT2D eigenvalue weighted by Crippen LogP contribution is -2.13. The minimum absolute atomic E-state index is 0.0345. The number of carbonyl (C=O) groups is 2. The summed E-state index contributed by atoms with van der Waals surface area (Å²) >= 11 is 0. The van der Waals surface area contributed by atoms with E-state index in [2.05, 4.69) is 10.3 Å². The van der Waals surface area contributed by atoms with Gasteiger partial charge in [-0.2, -0.15) is 0 Å². The van der Waals surface area contributed by atoms with Gasteiger partial charge in [-0.3, -0.25) is 9.59 Å². The average Bonchev–Trinajstić information content (AvgIpc) is 3.02. The minimum Gasteiger partial charge on any atom is -0.441 e. The maximum absolute atomic E-state index is 12.2. The first-order chi connectivity index (χ1) is 12.5. The molecule has 0 atom stereocenters. The molecule has 26 heavy (non-hydrogen) atoms. The van der Waals surface area contributed by atoms with Crippen LogP contribution in [0.1, 0.15) is 35.2 Å². The van der Waals surface area contributed by atoms with Crippen LogP contribution < -0.4 is 5.32 Å². The third-order valence-corrected chi connectivity index (χ3v) is 4.06. The number of oxazole rings is 1. The van der Waals surface area contributed by atoms with Crippen molar-refractivity contribution < 1.29 is 14.0 Å². The fourth-order valence-corrected chi connectivity index (χ4v) is 2.64. The normalized spacial score (nSPS) is 10.5. The molecule has 0 bridgehead atoms. The van der Waals surface area contributed by atoms with Gasteiger partial charge in [-0.25, -0.2) is 4.98 Å². The molecule has 2 aromatic carbocycles. The van der Waals surface area contributed by atoms with Crippen LogP contribution in [-0.2, 0) is 11.2 Å². The van der Waals surface area contributed by atoms with Crippen molar-refractivity contribution in [2.24, 2.45) is 0 Å². The predicted octanol–water partition coefficient (Wildman–Crippen LogP) is 4.42. The number of rotatable bonds is 6. The summed E-state index contributed by atoms with van der Waals surface area (Å²) in [7, 11) is 0. The Bertz CT molecular complexity index is 929. The average molecular weight is 348 g/mol. The van der Waals surface area contributed by atoms with Gasteiger partial charge in [0.1, 0.15) is 5.76 Å². The van der Waals surface area contributed by atoms with Crippen LogP contribution in [0.2, 0.25) is 0 Å². The first-order valence-corrected chi connectivity index (χ1v) is 8.45. The topological polar surface area (TPSA) is 72.2 Å². The van der Waals surface area contributed by atoms with Crippen molar-refractivity contribution in [3.8, 4) is 11.5 Å². The number of nitrogens with one attached hydrogen (secondary N) is 1. The highest BCUT2D eigenvalue weighted by molar-refractivity contribution is 5.97. The quantitative estimate of drug-likeness (QED) is 0.669. The number of ketones is 1. The molecule has 0 saturated heterocycles. The molecular formula is C21H20N2O3. The van der Waals surface area contributed by atoms with Gasteiger partial charge >= 0.3 is 0 Å². The molecule has 1 aromatic heterocycles. The smallest absolute Gasteiger partial charge is 0.226 e. The third-order valence-electron chi connectivity index (χ3n) is 4.06. The van der Waals surface area contributed by atoms with Crippen LogP contribution in [0.5, 0.6) is 0 Å². The van der Waals surface area contributed by atoms with E-state index in [-0.39, 0.29) is 18.1 Å². The number of benzene rings is 2. The van der Waals surface area contributed by atoms with Gasteiger partial charge in [0, 0.05) is 29.7 Å². The molecule has 132 valence electrons. The standard InChI is InChI=1S/C21H20N2O3/c1-14(24)17-9-6-10-18(13-17)22-20(25)12-11-19-15(2)26-21(23-19)16-7-4-3-5-8-16/h3-10,13H,11-12H2,1-2H3,(H,22,25). The lowest BCUT2D eigenvalue weighted by molar-refractivity contribution is -0.116. The van der Waals surface area contributed by atoms with Gasteiger partial charge in [0.2, 0.25) is 11.8 Å². The Hall–Kier alpha value is -3.21. The fraction of sp³-hybridized carbons (Fsp3) is 0.190. The Morgan fingerprint density at radius 2 is 1.85 bits per heavy atom. The van der Waals surface area contributed by atoms with Gasteiger partial charge in [0.25, 0.3) is 0 Å². The lowest BCUT2D eigenvalue weighted by atomic mass is 10.1. The second-order valence-corrected chi connectivity index (χ2v) is 6.07. The molecule has 1 N–H and O–H groups in total. The van der Waals surface area contributed by atoms with Gasteiger partial charge < -0.3 is 9.73 Å². The molecule has 5 heteroatoms.